The van der Waals surface area contributed by atoms with Crippen LogP contribution in [0.1, 0.15) is 27.0 Å². The number of rotatable bonds is 4. The van der Waals surface area contributed by atoms with Crippen molar-refractivity contribution in [2.45, 2.75) is 13.0 Å². The maximum atomic E-state index is 11.6. The number of benzene rings is 2. The van der Waals surface area contributed by atoms with E-state index < -0.39 is 0 Å². The van der Waals surface area contributed by atoms with Crippen LogP contribution in [-0.4, -0.2) is 18.2 Å². The van der Waals surface area contributed by atoms with Crippen molar-refractivity contribution in [2.75, 3.05) is 7.11 Å². The van der Waals surface area contributed by atoms with Gasteiger partial charge in [-0.15, -0.1) is 0 Å². The lowest BCUT2D eigenvalue weighted by atomic mass is 10.00. The number of ether oxygens (including phenoxy) is 1. The Kier molecular flexibility index (Phi) is 4.31. The molecule has 19 heavy (non-hydrogen) atoms. The molecule has 0 aromatic heterocycles. The van der Waals surface area contributed by atoms with E-state index in [0.717, 1.165) is 17.5 Å². The van der Waals surface area contributed by atoms with Gasteiger partial charge in [0.1, 0.15) is 0 Å². The van der Waals surface area contributed by atoms with Crippen LogP contribution in [-0.2, 0) is 17.8 Å². The average molecular weight is 256 g/mol. The Morgan fingerprint density at radius 1 is 1.05 bits per heavy atom. The zero-order chi connectivity index (χ0) is 13.7. The molecule has 0 bridgehead atoms. The summed E-state index contributed by atoms with van der Waals surface area (Å²) in [5.41, 5.74) is 3.33. The number of hydrogen-bond donors (Lipinski definition) is 1. The molecule has 0 radical (unpaired) electrons. The molecule has 1 N–H and O–H groups in total. The first kappa shape index (κ1) is 13.3. The lowest BCUT2D eigenvalue weighted by Crippen LogP contribution is -2.04. The summed E-state index contributed by atoms with van der Waals surface area (Å²) in [7, 11) is 1.35. The minimum atomic E-state index is -0.385. The van der Waals surface area contributed by atoms with Gasteiger partial charge in [-0.1, -0.05) is 36.4 Å². The summed E-state index contributed by atoms with van der Waals surface area (Å²) < 4.78 is 4.72. The summed E-state index contributed by atoms with van der Waals surface area (Å²) in [6, 6.07) is 15.3. The van der Waals surface area contributed by atoms with E-state index in [-0.39, 0.29) is 12.6 Å². The van der Waals surface area contributed by atoms with E-state index in [4.69, 9.17) is 4.74 Å². The molecule has 2 aromatic carbocycles. The fraction of sp³-hybridized carbons (Fsp3) is 0.188. The summed E-state index contributed by atoms with van der Waals surface area (Å²) in [5.74, 6) is -0.385. The van der Waals surface area contributed by atoms with Gasteiger partial charge < -0.3 is 9.84 Å². The van der Waals surface area contributed by atoms with Crippen LogP contribution in [0.2, 0.25) is 0 Å². The lowest BCUT2D eigenvalue weighted by molar-refractivity contribution is 0.0600. The molecule has 0 saturated heterocycles. The first-order valence-electron chi connectivity index (χ1n) is 6.09. The van der Waals surface area contributed by atoms with Crippen LogP contribution >= 0.6 is 0 Å². The molecule has 2 rings (SSSR count). The Hall–Kier alpha value is -2.13. The number of carbonyl (C=O) groups excluding carboxylic acids is 1. The van der Waals surface area contributed by atoms with Crippen molar-refractivity contribution in [3.8, 4) is 0 Å². The van der Waals surface area contributed by atoms with Crippen LogP contribution in [0.15, 0.2) is 48.5 Å². The van der Waals surface area contributed by atoms with Gasteiger partial charge in [0.2, 0.25) is 0 Å². The third kappa shape index (κ3) is 3.42. The number of methoxy groups -OCH3 is 1. The molecule has 0 amide bonds. The molecule has 0 spiro atoms. The minimum absolute atomic E-state index is 0.0907. The van der Waals surface area contributed by atoms with Crippen LogP contribution in [0.3, 0.4) is 0 Å². The molecule has 0 aliphatic rings. The highest BCUT2D eigenvalue weighted by atomic mass is 16.5. The summed E-state index contributed by atoms with van der Waals surface area (Å²) >= 11 is 0. The van der Waals surface area contributed by atoms with Gasteiger partial charge >= 0.3 is 5.97 Å². The Morgan fingerprint density at radius 3 is 2.37 bits per heavy atom. The second-order valence-corrected chi connectivity index (χ2v) is 4.35. The van der Waals surface area contributed by atoms with Crippen molar-refractivity contribution in [3.63, 3.8) is 0 Å². The molecular weight excluding hydrogens is 240 g/mol. The minimum Gasteiger partial charge on any atom is -0.465 e. The third-order valence-corrected chi connectivity index (χ3v) is 2.91. The van der Waals surface area contributed by atoms with E-state index in [9.17, 15) is 9.90 Å². The first-order chi connectivity index (χ1) is 9.22. The molecular formula is C16H16O3. The van der Waals surface area contributed by atoms with Crippen molar-refractivity contribution in [1.29, 1.82) is 0 Å². The van der Waals surface area contributed by atoms with Crippen molar-refractivity contribution >= 4 is 5.97 Å². The highest BCUT2D eigenvalue weighted by Crippen LogP contribution is 2.15. The fourth-order valence-electron chi connectivity index (χ4n) is 2.02. The van der Waals surface area contributed by atoms with Crippen LogP contribution < -0.4 is 0 Å². The monoisotopic (exact) mass is 256 g/mol. The Balaban J connectivity index is 2.32. The summed E-state index contributed by atoms with van der Waals surface area (Å²) in [6.07, 6.45) is 0.721. The Labute approximate surface area is 112 Å². The predicted molar refractivity (Wildman–Crippen MR) is 73.0 cm³/mol. The molecule has 0 aliphatic carbocycles. The number of aliphatic hydroxyl groups excluding tert-OH is 1. The van der Waals surface area contributed by atoms with Gasteiger partial charge in [-0.2, -0.15) is 0 Å². The van der Waals surface area contributed by atoms with Crippen LogP contribution in [0.25, 0.3) is 0 Å². The largest absolute Gasteiger partial charge is 0.465 e. The van der Waals surface area contributed by atoms with E-state index in [0.29, 0.717) is 11.1 Å². The third-order valence-electron chi connectivity index (χ3n) is 2.91. The second kappa shape index (κ2) is 6.16. The number of aliphatic hydroxyl groups is 1. The van der Waals surface area contributed by atoms with E-state index in [2.05, 4.69) is 0 Å². The number of hydrogen-bond acceptors (Lipinski definition) is 3. The SMILES string of the molecule is COC(=O)c1cc(CO)cc(Cc2ccccc2)c1. The highest BCUT2D eigenvalue weighted by molar-refractivity contribution is 5.89. The molecule has 0 fully saturated rings. The maximum absolute atomic E-state index is 11.6. The van der Waals surface area contributed by atoms with Crippen molar-refractivity contribution < 1.29 is 14.6 Å². The van der Waals surface area contributed by atoms with E-state index >= 15 is 0 Å². The van der Waals surface area contributed by atoms with Crippen LogP contribution in [0.4, 0.5) is 0 Å². The van der Waals surface area contributed by atoms with Crippen LogP contribution in [0.5, 0.6) is 0 Å². The zero-order valence-electron chi connectivity index (χ0n) is 10.8. The quantitative estimate of drug-likeness (QED) is 0.855. The summed E-state index contributed by atoms with van der Waals surface area (Å²) in [4.78, 5) is 11.6. The van der Waals surface area contributed by atoms with E-state index in [1.54, 1.807) is 12.1 Å². The number of esters is 1. The van der Waals surface area contributed by atoms with Gasteiger partial charge in [0, 0.05) is 0 Å². The Morgan fingerprint density at radius 2 is 1.74 bits per heavy atom. The topological polar surface area (TPSA) is 46.5 Å². The van der Waals surface area contributed by atoms with Gasteiger partial charge in [0.15, 0.2) is 0 Å². The molecule has 0 aliphatic heterocycles. The molecule has 0 atom stereocenters. The van der Waals surface area contributed by atoms with Gasteiger partial charge in [-0.25, -0.2) is 4.79 Å². The number of carbonyl (C=O) groups is 1. The van der Waals surface area contributed by atoms with Gasteiger partial charge in [-0.05, 0) is 35.2 Å². The van der Waals surface area contributed by atoms with Gasteiger partial charge in [0.25, 0.3) is 0 Å². The van der Waals surface area contributed by atoms with Gasteiger partial charge in [0.05, 0.1) is 19.3 Å². The lowest BCUT2D eigenvalue weighted by Gasteiger charge is -2.07. The first-order valence-corrected chi connectivity index (χ1v) is 6.09. The van der Waals surface area contributed by atoms with Gasteiger partial charge in [-0.3, -0.25) is 0 Å². The standard InChI is InChI=1S/C16H16O3/c1-19-16(18)15-9-13(8-14(10-15)11-17)7-12-5-3-2-4-6-12/h2-6,8-10,17H,7,11H2,1H3. The van der Waals surface area contributed by atoms with Crippen molar-refractivity contribution in [2.24, 2.45) is 0 Å². The molecule has 2 aromatic rings. The summed E-state index contributed by atoms with van der Waals surface area (Å²) in [6.45, 7) is -0.0907. The second-order valence-electron chi connectivity index (χ2n) is 4.35. The van der Waals surface area contributed by atoms with Crippen molar-refractivity contribution in [3.05, 3.63) is 70.8 Å². The molecule has 3 heteroatoms. The van der Waals surface area contributed by atoms with E-state index in [1.165, 1.54) is 7.11 Å². The normalized spacial score (nSPS) is 10.2. The highest BCUT2D eigenvalue weighted by Gasteiger charge is 2.09. The average Bonchev–Trinajstić information content (AvgIpc) is 2.47. The molecule has 0 heterocycles. The van der Waals surface area contributed by atoms with Crippen molar-refractivity contribution in [1.82, 2.24) is 0 Å². The van der Waals surface area contributed by atoms with E-state index in [1.807, 2.05) is 36.4 Å². The molecule has 0 saturated carbocycles. The zero-order valence-corrected chi connectivity index (χ0v) is 10.8. The smallest absolute Gasteiger partial charge is 0.337 e. The predicted octanol–water partition coefficient (Wildman–Crippen LogP) is 2.56. The molecule has 3 nitrogen and oxygen atoms in total. The summed E-state index contributed by atoms with van der Waals surface area (Å²) in [5, 5.41) is 9.25. The molecule has 98 valence electrons. The molecule has 0 unspecified atom stereocenters. The Bertz CT molecular complexity index is 561. The maximum Gasteiger partial charge on any atom is 0.337 e. The fourth-order valence-corrected chi connectivity index (χ4v) is 2.02. The van der Waals surface area contributed by atoms with Crippen LogP contribution in [0, 0.1) is 0 Å².